The van der Waals surface area contributed by atoms with Crippen LogP contribution in [0.15, 0.2) is 64.6 Å². The minimum absolute atomic E-state index is 0.157. The van der Waals surface area contributed by atoms with Crippen molar-refractivity contribution < 1.29 is 23.4 Å². The third-order valence-corrected chi connectivity index (χ3v) is 6.26. The summed E-state index contributed by atoms with van der Waals surface area (Å²) in [7, 11) is 4.82. The van der Waals surface area contributed by atoms with Gasteiger partial charge in [0.15, 0.2) is 11.5 Å². The molecular weight excluding hydrogens is 438 g/mol. The van der Waals surface area contributed by atoms with Gasteiger partial charge >= 0.3 is 0 Å². The van der Waals surface area contributed by atoms with Crippen molar-refractivity contribution in [2.24, 2.45) is 0 Å². The molecule has 7 heteroatoms. The third kappa shape index (κ3) is 4.73. The quantitative estimate of drug-likeness (QED) is 0.329. The number of allylic oxidation sites excluding steroid dienone is 1. The molecule has 0 aliphatic rings. The maximum atomic E-state index is 12.5. The van der Waals surface area contributed by atoms with E-state index in [0.29, 0.717) is 29.4 Å². The fourth-order valence-electron chi connectivity index (χ4n) is 3.67. The molecule has 0 radical (unpaired) electrons. The molecular formula is C26H25NO5S. The zero-order valence-corrected chi connectivity index (χ0v) is 19.7. The summed E-state index contributed by atoms with van der Waals surface area (Å²) in [5.41, 5.74) is 4.13. The van der Waals surface area contributed by atoms with Crippen molar-refractivity contribution in [3.8, 4) is 28.4 Å². The SMILES string of the molecule is COc1ccc(-c2coc3cc(OC)c(/C(C)=C/C(=O)NCc4cccs4)cc23)cc1OC. The van der Waals surface area contributed by atoms with Gasteiger partial charge in [-0.1, -0.05) is 12.1 Å². The lowest BCUT2D eigenvalue weighted by Gasteiger charge is -2.11. The van der Waals surface area contributed by atoms with Crippen molar-refractivity contribution in [1.82, 2.24) is 5.32 Å². The molecule has 6 nitrogen and oxygen atoms in total. The number of ether oxygens (including phenoxy) is 3. The first-order chi connectivity index (χ1) is 16.0. The maximum Gasteiger partial charge on any atom is 0.244 e. The Hall–Kier alpha value is -3.71. The lowest BCUT2D eigenvalue weighted by Crippen LogP contribution is -2.20. The summed E-state index contributed by atoms with van der Waals surface area (Å²) >= 11 is 1.61. The molecule has 4 rings (SSSR count). The summed E-state index contributed by atoms with van der Waals surface area (Å²) in [6.07, 6.45) is 3.30. The van der Waals surface area contributed by atoms with Crippen molar-refractivity contribution >= 4 is 33.8 Å². The minimum atomic E-state index is -0.157. The normalized spacial score (nSPS) is 11.5. The number of furan rings is 1. The number of carbonyl (C=O) groups is 1. The molecule has 0 atom stereocenters. The Morgan fingerprint density at radius 1 is 1.03 bits per heavy atom. The summed E-state index contributed by atoms with van der Waals surface area (Å²) in [4.78, 5) is 13.6. The van der Waals surface area contributed by atoms with Gasteiger partial charge in [0.25, 0.3) is 0 Å². The molecule has 1 amide bonds. The van der Waals surface area contributed by atoms with E-state index >= 15 is 0 Å². The number of benzene rings is 2. The molecule has 2 aromatic carbocycles. The molecule has 0 spiro atoms. The van der Waals surface area contributed by atoms with Gasteiger partial charge < -0.3 is 23.9 Å². The lowest BCUT2D eigenvalue weighted by molar-refractivity contribution is -0.116. The molecule has 1 N–H and O–H groups in total. The van der Waals surface area contributed by atoms with E-state index in [4.69, 9.17) is 18.6 Å². The van der Waals surface area contributed by atoms with Gasteiger partial charge in [0.2, 0.25) is 5.91 Å². The van der Waals surface area contributed by atoms with Crippen molar-refractivity contribution in [3.63, 3.8) is 0 Å². The summed E-state index contributed by atoms with van der Waals surface area (Å²) in [5, 5.41) is 5.82. The number of methoxy groups -OCH3 is 3. The number of thiophene rings is 1. The first-order valence-electron chi connectivity index (χ1n) is 10.3. The Morgan fingerprint density at radius 2 is 1.82 bits per heavy atom. The average molecular weight is 464 g/mol. The Labute approximate surface area is 196 Å². The highest BCUT2D eigenvalue weighted by atomic mass is 32.1. The topological polar surface area (TPSA) is 69.9 Å². The predicted molar refractivity (Wildman–Crippen MR) is 131 cm³/mol. The summed E-state index contributed by atoms with van der Waals surface area (Å²) < 4.78 is 22.2. The molecule has 0 bridgehead atoms. The van der Waals surface area contributed by atoms with E-state index in [0.717, 1.165) is 32.5 Å². The largest absolute Gasteiger partial charge is 0.496 e. The number of nitrogens with one attached hydrogen (secondary N) is 1. The molecule has 0 saturated heterocycles. The third-order valence-electron chi connectivity index (χ3n) is 5.38. The number of hydrogen-bond donors (Lipinski definition) is 1. The van der Waals surface area contributed by atoms with Gasteiger partial charge in [-0.25, -0.2) is 0 Å². The molecule has 0 unspecified atom stereocenters. The van der Waals surface area contributed by atoms with E-state index < -0.39 is 0 Å². The Balaban J connectivity index is 1.69. The van der Waals surface area contributed by atoms with Crippen LogP contribution in [0.1, 0.15) is 17.4 Å². The van der Waals surface area contributed by atoms with Crippen LogP contribution in [0.4, 0.5) is 0 Å². The van der Waals surface area contributed by atoms with E-state index in [-0.39, 0.29) is 5.91 Å². The molecule has 0 aliphatic carbocycles. The Kier molecular flexibility index (Phi) is 6.70. The lowest BCUT2D eigenvalue weighted by atomic mass is 9.99. The van der Waals surface area contributed by atoms with Gasteiger partial charge in [-0.3, -0.25) is 4.79 Å². The van der Waals surface area contributed by atoms with Crippen LogP contribution in [0.25, 0.3) is 27.7 Å². The number of carbonyl (C=O) groups excluding carboxylic acids is 1. The highest BCUT2D eigenvalue weighted by Crippen LogP contribution is 2.39. The monoisotopic (exact) mass is 463 g/mol. The average Bonchev–Trinajstić information content (AvgIpc) is 3.51. The van der Waals surface area contributed by atoms with Crippen LogP contribution in [0, 0.1) is 0 Å². The first kappa shape index (κ1) is 22.5. The number of rotatable bonds is 8. The van der Waals surface area contributed by atoms with Gasteiger partial charge in [-0.05, 0) is 47.7 Å². The summed E-state index contributed by atoms with van der Waals surface area (Å²) in [5.74, 6) is 1.77. The zero-order valence-electron chi connectivity index (χ0n) is 18.9. The Morgan fingerprint density at radius 3 is 2.52 bits per heavy atom. The fourth-order valence-corrected chi connectivity index (χ4v) is 4.32. The first-order valence-corrected chi connectivity index (χ1v) is 11.2. The molecule has 0 saturated carbocycles. The molecule has 33 heavy (non-hydrogen) atoms. The molecule has 0 aliphatic heterocycles. The highest BCUT2D eigenvalue weighted by Gasteiger charge is 2.16. The van der Waals surface area contributed by atoms with E-state index in [2.05, 4.69) is 5.32 Å². The van der Waals surface area contributed by atoms with Gasteiger partial charge in [0, 0.05) is 33.5 Å². The second-order valence-corrected chi connectivity index (χ2v) is 8.42. The van der Waals surface area contributed by atoms with E-state index in [9.17, 15) is 4.79 Å². The van der Waals surface area contributed by atoms with Crippen molar-refractivity contribution in [1.29, 1.82) is 0 Å². The summed E-state index contributed by atoms with van der Waals surface area (Å²) in [6.45, 7) is 2.40. The van der Waals surface area contributed by atoms with Crippen LogP contribution in [-0.2, 0) is 11.3 Å². The van der Waals surface area contributed by atoms with Crippen LogP contribution >= 0.6 is 11.3 Å². The van der Waals surface area contributed by atoms with Crippen LogP contribution < -0.4 is 19.5 Å². The van der Waals surface area contributed by atoms with Crippen LogP contribution in [-0.4, -0.2) is 27.2 Å². The molecule has 170 valence electrons. The maximum absolute atomic E-state index is 12.5. The molecule has 2 aromatic heterocycles. The van der Waals surface area contributed by atoms with E-state index in [1.54, 1.807) is 45.0 Å². The van der Waals surface area contributed by atoms with Gasteiger partial charge in [-0.15, -0.1) is 11.3 Å². The van der Waals surface area contributed by atoms with E-state index in [1.807, 2.05) is 54.8 Å². The second-order valence-electron chi connectivity index (χ2n) is 7.39. The standard InChI is InChI=1S/C26H25NO5S/c1-16(10-26(28)27-14-18-6-5-9-33-18)19-12-20-21(15-32-24(20)13-23(19)30-3)17-7-8-22(29-2)25(11-17)31-4/h5-13,15H,14H2,1-4H3,(H,27,28)/b16-10+. The van der Waals surface area contributed by atoms with Crippen molar-refractivity contribution in [3.05, 3.63) is 70.6 Å². The highest BCUT2D eigenvalue weighted by molar-refractivity contribution is 7.09. The molecule has 2 heterocycles. The zero-order chi connectivity index (χ0) is 23.4. The Bertz CT molecular complexity index is 1300. The van der Waals surface area contributed by atoms with Gasteiger partial charge in [-0.2, -0.15) is 0 Å². The van der Waals surface area contributed by atoms with Gasteiger partial charge in [0.05, 0.1) is 34.1 Å². The number of hydrogen-bond acceptors (Lipinski definition) is 6. The summed E-state index contributed by atoms with van der Waals surface area (Å²) in [6, 6.07) is 13.5. The van der Waals surface area contributed by atoms with Gasteiger partial charge in [0.1, 0.15) is 11.3 Å². The number of amides is 1. The van der Waals surface area contributed by atoms with E-state index in [1.165, 1.54) is 0 Å². The van der Waals surface area contributed by atoms with Crippen LogP contribution in [0.5, 0.6) is 17.2 Å². The fraction of sp³-hybridized carbons (Fsp3) is 0.192. The second kappa shape index (κ2) is 9.83. The smallest absolute Gasteiger partial charge is 0.244 e. The molecule has 4 aromatic rings. The van der Waals surface area contributed by atoms with Crippen LogP contribution in [0.3, 0.4) is 0 Å². The minimum Gasteiger partial charge on any atom is -0.496 e. The van der Waals surface area contributed by atoms with Crippen molar-refractivity contribution in [2.75, 3.05) is 21.3 Å². The predicted octanol–water partition coefficient (Wildman–Crippen LogP) is 5.91. The number of fused-ring (bicyclic) bond motifs is 1. The molecule has 0 fully saturated rings. The van der Waals surface area contributed by atoms with Crippen LogP contribution in [0.2, 0.25) is 0 Å². The van der Waals surface area contributed by atoms with Crippen molar-refractivity contribution in [2.45, 2.75) is 13.5 Å².